The molecule has 0 aliphatic carbocycles. The molecule has 2 rings (SSSR count). The van der Waals surface area contributed by atoms with E-state index in [0.29, 0.717) is 10.6 Å². The van der Waals surface area contributed by atoms with Crippen LogP contribution in [0.15, 0.2) is 18.2 Å². The number of rotatable bonds is 1. The fourth-order valence-electron chi connectivity index (χ4n) is 1.08. The predicted molar refractivity (Wildman–Crippen MR) is 51.0 cm³/mol. The fraction of sp³-hybridized carbons (Fsp3) is 0. The quantitative estimate of drug-likeness (QED) is 0.722. The van der Waals surface area contributed by atoms with Crippen LogP contribution in [0.2, 0.25) is 0 Å². The van der Waals surface area contributed by atoms with E-state index in [0.717, 1.165) is 4.70 Å². The number of hydrogen-bond acceptors (Lipinski definition) is 4. The number of aromatic carboxylic acids is 1. The average molecular weight is 194 g/mol. The molecule has 0 aliphatic heterocycles. The molecular formula is C8H6N2O2S. The number of fused-ring (bicyclic) bond motifs is 1. The van der Waals surface area contributed by atoms with Gasteiger partial charge in [0.25, 0.3) is 0 Å². The average Bonchev–Trinajstić information content (AvgIpc) is 2.42. The van der Waals surface area contributed by atoms with Crippen LogP contribution in [-0.2, 0) is 0 Å². The van der Waals surface area contributed by atoms with Gasteiger partial charge < -0.3 is 10.8 Å². The molecule has 0 atom stereocenters. The normalized spacial score (nSPS) is 10.5. The molecule has 0 amide bonds. The molecule has 66 valence electrons. The van der Waals surface area contributed by atoms with Gasteiger partial charge in [-0.3, -0.25) is 0 Å². The molecule has 0 spiro atoms. The molecule has 1 heterocycles. The Morgan fingerprint density at radius 1 is 1.54 bits per heavy atom. The molecule has 5 heteroatoms. The van der Waals surface area contributed by atoms with Crippen molar-refractivity contribution in [1.29, 1.82) is 0 Å². The van der Waals surface area contributed by atoms with Crippen LogP contribution in [0.1, 0.15) is 10.4 Å². The maximum Gasteiger partial charge on any atom is 0.335 e. The van der Waals surface area contributed by atoms with Crippen molar-refractivity contribution in [3.05, 3.63) is 23.8 Å². The van der Waals surface area contributed by atoms with Gasteiger partial charge in [0.2, 0.25) is 0 Å². The molecule has 0 aliphatic rings. The van der Waals surface area contributed by atoms with Crippen molar-refractivity contribution in [2.24, 2.45) is 0 Å². The van der Waals surface area contributed by atoms with Gasteiger partial charge in [0, 0.05) is 0 Å². The van der Waals surface area contributed by atoms with Crippen LogP contribution in [0, 0.1) is 0 Å². The highest BCUT2D eigenvalue weighted by molar-refractivity contribution is 7.22. The lowest BCUT2D eigenvalue weighted by Gasteiger charge is -1.91. The maximum atomic E-state index is 10.6. The molecule has 0 fully saturated rings. The van der Waals surface area contributed by atoms with Gasteiger partial charge in [0.05, 0.1) is 15.8 Å². The minimum atomic E-state index is -0.950. The van der Waals surface area contributed by atoms with Gasteiger partial charge in [-0.25, -0.2) is 9.78 Å². The maximum absolute atomic E-state index is 10.6. The van der Waals surface area contributed by atoms with Gasteiger partial charge in [-0.05, 0) is 18.2 Å². The van der Waals surface area contributed by atoms with Crippen LogP contribution in [0.25, 0.3) is 10.2 Å². The Balaban J connectivity index is 2.67. The van der Waals surface area contributed by atoms with Crippen molar-refractivity contribution >= 4 is 32.7 Å². The van der Waals surface area contributed by atoms with E-state index in [-0.39, 0.29) is 5.56 Å². The molecule has 0 radical (unpaired) electrons. The summed E-state index contributed by atoms with van der Waals surface area (Å²) < 4.78 is 0.905. The van der Waals surface area contributed by atoms with Crippen molar-refractivity contribution in [3.63, 3.8) is 0 Å². The zero-order valence-corrected chi connectivity index (χ0v) is 7.34. The first-order chi connectivity index (χ1) is 6.16. The summed E-state index contributed by atoms with van der Waals surface area (Å²) in [5, 5.41) is 9.15. The zero-order chi connectivity index (χ0) is 9.42. The Kier molecular flexibility index (Phi) is 1.66. The van der Waals surface area contributed by atoms with E-state index in [1.165, 1.54) is 17.4 Å². The van der Waals surface area contributed by atoms with E-state index in [2.05, 4.69) is 4.98 Å². The number of carboxylic acid groups (broad SMARTS) is 1. The third kappa shape index (κ3) is 1.33. The first-order valence-electron chi connectivity index (χ1n) is 3.56. The number of thiazole rings is 1. The Morgan fingerprint density at radius 3 is 3.00 bits per heavy atom. The highest BCUT2D eigenvalue weighted by Gasteiger charge is 2.06. The van der Waals surface area contributed by atoms with Crippen LogP contribution in [0.5, 0.6) is 0 Å². The van der Waals surface area contributed by atoms with Gasteiger partial charge in [-0.15, -0.1) is 0 Å². The van der Waals surface area contributed by atoms with Gasteiger partial charge in [0.15, 0.2) is 5.13 Å². The molecule has 1 aromatic heterocycles. The van der Waals surface area contributed by atoms with Crippen molar-refractivity contribution < 1.29 is 9.90 Å². The van der Waals surface area contributed by atoms with Crippen LogP contribution < -0.4 is 5.73 Å². The lowest BCUT2D eigenvalue weighted by Crippen LogP contribution is -1.94. The van der Waals surface area contributed by atoms with Crippen molar-refractivity contribution in [2.75, 3.05) is 5.73 Å². The summed E-state index contributed by atoms with van der Waals surface area (Å²) in [4.78, 5) is 14.6. The third-order valence-corrected chi connectivity index (χ3v) is 2.52. The lowest BCUT2D eigenvalue weighted by molar-refractivity contribution is 0.0697. The summed E-state index contributed by atoms with van der Waals surface area (Å²) in [6, 6.07) is 4.78. The van der Waals surface area contributed by atoms with E-state index in [9.17, 15) is 4.79 Å². The van der Waals surface area contributed by atoms with E-state index in [1.807, 2.05) is 0 Å². The number of aromatic nitrogens is 1. The summed E-state index contributed by atoms with van der Waals surface area (Å²) in [6.07, 6.45) is 0. The van der Waals surface area contributed by atoms with Gasteiger partial charge in [-0.1, -0.05) is 11.3 Å². The summed E-state index contributed by atoms with van der Waals surface area (Å²) in [5.74, 6) is -0.950. The molecule has 13 heavy (non-hydrogen) atoms. The summed E-state index contributed by atoms with van der Waals surface area (Å²) in [5.41, 5.74) is 6.35. The minimum Gasteiger partial charge on any atom is -0.478 e. The topological polar surface area (TPSA) is 76.2 Å². The second-order valence-electron chi connectivity index (χ2n) is 2.54. The first kappa shape index (κ1) is 8.00. The Bertz CT molecular complexity index is 478. The standard InChI is InChI=1S/C8H6N2O2S/c9-8-10-5-3-4(7(11)12)1-2-6(5)13-8/h1-3H,(H2,9,10)(H,11,12). The number of benzene rings is 1. The fourth-order valence-corrected chi connectivity index (χ4v) is 1.79. The molecule has 3 N–H and O–H groups in total. The van der Waals surface area contributed by atoms with E-state index >= 15 is 0 Å². The van der Waals surface area contributed by atoms with E-state index in [4.69, 9.17) is 10.8 Å². The molecule has 0 bridgehead atoms. The number of carbonyl (C=O) groups is 1. The van der Waals surface area contributed by atoms with E-state index < -0.39 is 5.97 Å². The van der Waals surface area contributed by atoms with Crippen LogP contribution in [0.3, 0.4) is 0 Å². The van der Waals surface area contributed by atoms with Crippen molar-refractivity contribution in [2.45, 2.75) is 0 Å². The predicted octanol–water partition coefficient (Wildman–Crippen LogP) is 1.58. The number of nitrogens with two attached hydrogens (primary N) is 1. The number of hydrogen-bond donors (Lipinski definition) is 2. The Morgan fingerprint density at radius 2 is 2.31 bits per heavy atom. The SMILES string of the molecule is Nc1nc2cc(C(=O)O)ccc2s1. The van der Waals surface area contributed by atoms with Gasteiger partial charge >= 0.3 is 5.97 Å². The first-order valence-corrected chi connectivity index (χ1v) is 4.38. The number of nitrogen functional groups attached to an aromatic ring is 1. The molecule has 0 saturated carbocycles. The zero-order valence-electron chi connectivity index (χ0n) is 6.52. The number of carboxylic acids is 1. The van der Waals surface area contributed by atoms with Crippen molar-refractivity contribution in [3.8, 4) is 0 Å². The van der Waals surface area contributed by atoms with Crippen LogP contribution >= 0.6 is 11.3 Å². The smallest absolute Gasteiger partial charge is 0.335 e. The molecule has 0 saturated heterocycles. The van der Waals surface area contributed by atoms with Gasteiger partial charge in [0.1, 0.15) is 0 Å². The van der Waals surface area contributed by atoms with Crippen LogP contribution in [0.4, 0.5) is 5.13 Å². The highest BCUT2D eigenvalue weighted by Crippen LogP contribution is 2.24. The van der Waals surface area contributed by atoms with Crippen LogP contribution in [-0.4, -0.2) is 16.1 Å². The Hall–Kier alpha value is -1.62. The number of nitrogens with zero attached hydrogens (tertiary/aromatic N) is 1. The summed E-state index contributed by atoms with van der Waals surface area (Å²) in [6.45, 7) is 0. The molecule has 2 aromatic rings. The minimum absolute atomic E-state index is 0.234. The monoisotopic (exact) mass is 194 g/mol. The van der Waals surface area contributed by atoms with Crippen molar-refractivity contribution in [1.82, 2.24) is 4.98 Å². The largest absolute Gasteiger partial charge is 0.478 e. The molecular weight excluding hydrogens is 188 g/mol. The summed E-state index contributed by atoms with van der Waals surface area (Å²) >= 11 is 1.35. The molecule has 0 unspecified atom stereocenters. The second kappa shape index (κ2) is 2.70. The second-order valence-corrected chi connectivity index (χ2v) is 3.60. The van der Waals surface area contributed by atoms with E-state index in [1.54, 1.807) is 12.1 Å². The molecule has 1 aromatic carbocycles. The highest BCUT2D eigenvalue weighted by atomic mass is 32.1. The third-order valence-electron chi connectivity index (χ3n) is 1.65. The van der Waals surface area contributed by atoms with Gasteiger partial charge in [-0.2, -0.15) is 0 Å². The summed E-state index contributed by atoms with van der Waals surface area (Å²) in [7, 11) is 0. The lowest BCUT2D eigenvalue weighted by atomic mass is 10.2. The molecule has 4 nitrogen and oxygen atoms in total. The number of anilines is 1. The Labute approximate surface area is 77.6 Å².